The van der Waals surface area contributed by atoms with Crippen LogP contribution >= 0.6 is 11.3 Å². The Labute approximate surface area is 236 Å². The molecule has 7 nitrogen and oxygen atoms in total. The number of ketones is 1. The molecule has 8 heteroatoms. The molecular formula is C32H30N2O5S. The van der Waals surface area contributed by atoms with Gasteiger partial charge in [0.1, 0.15) is 23.4 Å². The molecule has 40 heavy (non-hydrogen) atoms. The zero-order valence-electron chi connectivity index (χ0n) is 22.9. The molecule has 0 spiro atoms. The summed E-state index contributed by atoms with van der Waals surface area (Å²) in [4.78, 5) is 33.5. The molecule has 3 heterocycles. The van der Waals surface area contributed by atoms with E-state index < -0.39 is 17.7 Å². The van der Waals surface area contributed by atoms with Crippen LogP contribution in [0.3, 0.4) is 0 Å². The fourth-order valence-electron chi connectivity index (χ4n) is 5.50. The predicted molar refractivity (Wildman–Crippen MR) is 156 cm³/mol. The minimum atomic E-state index is -0.856. The van der Waals surface area contributed by atoms with Crippen LogP contribution in [-0.2, 0) is 16.0 Å². The Morgan fingerprint density at radius 3 is 2.65 bits per heavy atom. The molecule has 4 aromatic rings. The van der Waals surface area contributed by atoms with Crippen molar-refractivity contribution in [3.63, 3.8) is 0 Å². The Balaban J connectivity index is 1.51. The molecule has 3 aromatic carbocycles. The number of benzene rings is 3. The molecule has 0 bridgehead atoms. The number of Topliss-reactive ketones (excluding diaryl/α,β-unsaturated/α-hetero) is 1. The molecule has 0 radical (unpaired) electrons. The summed E-state index contributed by atoms with van der Waals surface area (Å²) in [5, 5.41) is 12.0. The van der Waals surface area contributed by atoms with Crippen LogP contribution in [-0.4, -0.2) is 34.5 Å². The van der Waals surface area contributed by atoms with Crippen molar-refractivity contribution in [2.75, 3.05) is 11.5 Å². The standard InChI is InChI=1S/C32H30N2O5S/c1-5-12-38-23-9-6-20(7-10-23)28-26(29(35)21-8-11-24-22(16-21)15-19(4)39-24)30(36)31(37)34(28)32-33-27-18(3)13-17(2)14-25(27)40-32/h6-11,13-14,16,19,28,35H,5,12,15H2,1-4H3/b29-26+. The van der Waals surface area contributed by atoms with Crippen LogP contribution in [0.1, 0.15) is 54.1 Å². The third-order valence-electron chi connectivity index (χ3n) is 7.31. The van der Waals surface area contributed by atoms with Crippen molar-refractivity contribution in [1.29, 1.82) is 0 Å². The first kappa shape index (κ1) is 26.1. The van der Waals surface area contributed by atoms with Gasteiger partial charge >= 0.3 is 5.91 Å². The highest BCUT2D eigenvalue weighted by Crippen LogP contribution is 2.45. The number of hydrogen-bond acceptors (Lipinski definition) is 7. The van der Waals surface area contributed by atoms with Crippen molar-refractivity contribution in [3.05, 3.63) is 88.0 Å². The van der Waals surface area contributed by atoms with Gasteiger partial charge in [0, 0.05) is 12.0 Å². The highest BCUT2D eigenvalue weighted by atomic mass is 32.1. The normalized spacial score (nSPS) is 19.8. The third-order valence-corrected chi connectivity index (χ3v) is 8.31. The van der Waals surface area contributed by atoms with Gasteiger partial charge < -0.3 is 14.6 Å². The van der Waals surface area contributed by atoms with Crippen LogP contribution in [0.5, 0.6) is 11.5 Å². The van der Waals surface area contributed by atoms with Gasteiger partial charge in [0.2, 0.25) is 0 Å². The molecule has 1 N–H and O–H groups in total. The molecule has 2 atom stereocenters. The van der Waals surface area contributed by atoms with E-state index in [0.717, 1.165) is 39.1 Å². The third kappa shape index (κ3) is 4.42. The topological polar surface area (TPSA) is 89.0 Å². The number of anilines is 1. The Morgan fingerprint density at radius 2 is 1.90 bits per heavy atom. The van der Waals surface area contributed by atoms with Gasteiger partial charge in [-0.15, -0.1) is 0 Å². The average molecular weight is 555 g/mol. The molecule has 2 unspecified atom stereocenters. The summed E-state index contributed by atoms with van der Waals surface area (Å²) in [6.45, 7) is 8.61. The number of rotatable bonds is 6. The van der Waals surface area contributed by atoms with Gasteiger partial charge in [-0.05, 0) is 85.8 Å². The summed E-state index contributed by atoms with van der Waals surface area (Å²) in [6, 6.07) is 15.9. The van der Waals surface area contributed by atoms with Gasteiger partial charge in [-0.3, -0.25) is 14.5 Å². The Morgan fingerprint density at radius 1 is 1.12 bits per heavy atom. The van der Waals surface area contributed by atoms with Gasteiger partial charge in [0.25, 0.3) is 5.78 Å². The van der Waals surface area contributed by atoms with Crippen LogP contribution in [0.2, 0.25) is 0 Å². The maximum absolute atomic E-state index is 13.7. The van der Waals surface area contributed by atoms with Crippen molar-refractivity contribution in [3.8, 4) is 11.5 Å². The number of carbonyl (C=O) groups excluding carboxylic acids is 2. The predicted octanol–water partition coefficient (Wildman–Crippen LogP) is 6.65. The van der Waals surface area contributed by atoms with Gasteiger partial charge in [-0.2, -0.15) is 0 Å². The van der Waals surface area contributed by atoms with Crippen molar-refractivity contribution in [2.24, 2.45) is 0 Å². The van der Waals surface area contributed by atoms with E-state index >= 15 is 0 Å². The van der Waals surface area contributed by atoms with Crippen molar-refractivity contribution in [2.45, 2.75) is 52.7 Å². The molecule has 2 aliphatic heterocycles. The minimum absolute atomic E-state index is 0.0336. The van der Waals surface area contributed by atoms with Gasteiger partial charge in [0.15, 0.2) is 5.13 Å². The lowest BCUT2D eigenvalue weighted by atomic mass is 9.94. The zero-order valence-corrected chi connectivity index (χ0v) is 23.7. The van der Waals surface area contributed by atoms with Gasteiger partial charge in [-0.1, -0.05) is 36.5 Å². The second-order valence-corrected chi connectivity index (χ2v) is 11.5. The fourth-order valence-corrected chi connectivity index (χ4v) is 6.67. The van der Waals surface area contributed by atoms with Crippen LogP contribution in [0.15, 0.2) is 60.2 Å². The summed E-state index contributed by atoms with van der Waals surface area (Å²) in [5.41, 5.74) is 5.02. The van der Waals surface area contributed by atoms with Crippen molar-refractivity contribution in [1.82, 2.24) is 4.98 Å². The number of thiazole rings is 1. The number of aromatic nitrogens is 1. The quantitative estimate of drug-likeness (QED) is 0.163. The molecule has 0 saturated carbocycles. The Hall–Kier alpha value is -4.17. The second-order valence-electron chi connectivity index (χ2n) is 10.5. The molecular weight excluding hydrogens is 524 g/mol. The summed E-state index contributed by atoms with van der Waals surface area (Å²) >= 11 is 1.36. The van der Waals surface area contributed by atoms with Crippen LogP contribution in [0, 0.1) is 13.8 Å². The average Bonchev–Trinajstić information content (AvgIpc) is 3.60. The van der Waals surface area contributed by atoms with Crippen LogP contribution in [0.25, 0.3) is 16.0 Å². The number of amides is 1. The monoisotopic (exact) mass is 554 g/mol. The number of aliphatic hydroxyl groups is 1. The fraction of sp³-hybridized carbons (Fsp3) is 0.281. The SMILES string of the molecule is CCCOc1ccc(C2/C(=C(\O)c3ccc4c(c3)CC(C)O4)C(=O)C(=O)N2c2nc3c(C)cc(C)cc3s2)cc1. The molecule has 1 fully saturated rings. The molecule has 2 aliphatic rings. The van der Waals surface area contributed by atoms with E-state index in [1.165, 1.54) is 16.2 Å². The van der Waals surface area contributed by atoms with Crippen molar-refractivity contribution >= 4 is 44.1 Å². The molecule has 204 valence electrons. The first-order valence-electron chi connectivity index (χ1n) is 13.5. The first-order valence-corrected chi connectivity index (χ1v) is 14.3. The largest absolute Gasteiger partial charge is 0.507 e. The Kier molecular flexibility index (Phi) is 6.58. The molecule has 1 saturated heterocycles. The lowest BCUT2D eigenvalue weighted by Crippen LogP contribution is -2.29. The smallest absolute Gasteiger partial charge is 0.301 e. The second kappa shape index (κ2) is 10.1. The number of fused-ring (bicyclic) bond motifs is 2. The van der Waals surface area contributed by atoms with Gasteiger partial charge in [0.05, 0.1) is 28.4 Å². The number of ether oxygens (including phenoxy) is 2. The number of hydrogen-bond donors (Lipinski definition) is 1. The zero-order chi connectivity index (χ0) is 28.1. The number of carbonyl (C=O) groups is 2. The lowest BCUT2D eigenvalue weighted by molar-refractivity contribution is -0.132. The summed E-state index contributed by atoms with van der Waals surface area (Å²) in [6.07, 6.45) is 1.62. The van der Waals surface area contributed by atoms with E-state index in [-0.39, 0.29) is 17.4 Å². The van der Waals surface area contributed by atoms with E-state index in [0.29, 0.717) is 35.0 Å². The molecule has 1 aromatic heterocycles. The summed E-state index contributed by atoms with van der Waals surface area (Å²) in [5.74, 6) is -0.214. The van der Waals surface area contributed by atoms with E-state index in [1.54, 1.807) is 12.1 Å². The minimum Gasteiger partial charge on any atom is -0.507 e. The molecule has 6 rings (SSSR count). The Bertz CT molecular complexity index is 1690. The van der Waals surface area contributed by atoms with E-state index in [1.807, 2.05) is 70.2 Å². The molecule has 1 amide bonds. The van der Waals surface area contributed by atoms with Gasteiger partial charge in [-0.25, -0.2) is 4.98 Å². The number of aliphatic hydroxyl groups excluding tert-OH is 1. The maximum atomic E-state index is 13.7. The number of aryl methyl sites for hydroxylation is 2. The highest BCUT2D eigenvalue weighted by Gasteiger charge is 2.48. The van der Waals surface area contributed by atoms with Crippen LogP contribution < -0.4 is 14.4 Å². The molecule has 0 aliphatic carbocycles. The number of nitrogens with zero attached hydrogens (tertiary/aromatic N) is 2. The summed E-state index contributed by atoms with van der Waals surface area (Å²) < 4.78 is 12.5. The van der Waals surface area contributed by atoms with Crippen LogP contribution in [0.4, 0.5) is 5.13 Å². The highest BCUT2D eigenvalue weighted by molar-refractivity contribution is 7.22. The maximum Gasteiger partial charge on any atom is 0.301 e. The van der Waals surface area contributed by atoms with Crippen molar-refractivity contribution < 1.29 is 24.2 Å². The first-order chi connectivity index (χ1) is 19.2. The lowest BCUT2D eigenvalue weighted by Gasteiger charge is -2.23. The van der Waals surface area contributed by atoms with E-state index in [9.17, 15) is 14.7 Å². The summed E-state index contributed by atoms with van der Waals surface area (Å²) in [7, 11) is 0. The van der Waals surface area contributed by atoms with E-state index in [2.05, 4.69) is 0 Å². The van der Waals surface area contributed by atoms with E-state index in [4.69, 9.17) is 14.5 Å².